The van der Waals surface area contributed by atoms with Crippen LogP contribution in [0.25, 0.3) is 0 Å². The number of benzene rings is 1. The van der Waals surface area contributed by atoms with Crippen molar-refractivity contribution >= 4 is 15.9 Å². The molecule has 1 aliphatic heterocycles. The van der Waals surface area contributed by atoms with Gasteiger partial charge in [-0.05, 0) is 30.9 Å². The van der Waals surface area contributed by atoms with Crippen LogP contribution in [0.15, 0.2) is 12.1 Å². The van der Waals surface area contributed by atoms with Crippen LogP contribution >= 0.6 is 0 Å². The van der Waals surface area contributed by atoms with Gasteiger partial charge in [-0.25, -0.2) is 13.2 Å². The lowest BCUT2D eigenvalue weighted by Gasteiger charge is -2.30. The molecule has 0 saturated carbocycles. The van der Waals surface area contributed by atoms with E-state index in [4.69, 9.17) is 5.11 Å². The summed E-state index contributed by atoms with van der Waals surface area (Å²) in [6, 6.07) is 1.47. The third-order valence-corrected chi connectivity index (χ3v) is 4.97. The zero-order chi connectivity index (χ0) is 15.6. The van der Waals surface area contributed by atoms with Crippen molar-refractivity contribution in [2.24, 2.45) is 5.92 Å². The van der Waals surface area contributed by atoms with E-state index in [9.17, 15) is 21.6 Å². The SMILES string of the molecule is O=S(=O)(Nc1ccc(F)c(F)c1F)N1CCC(CO)CC1. The lowest BCUT2D eigenvalue weighted by molar-refractivity contribution is 0.170. The molecule has 5 nitrogen and oxygen atoms in total. The van der Waals surface area contributed by atoms with E-state index in [1.807, 2.05) is 4.72 Å². The van der Waals surface area contributed by atoms with Crippen molar-refractivity contribution in [2.75, 3.05) is 24.4 Å². The van der Waals surface area contributed by atoms with Gasteiger partial charge in [0.15, 0.2) is 17.5 Å². The Bertz CT molecular complexity index is 616. The van der Waals surface area contributed by atoms with Crippen molar-refractivity contribution < 1.29 is 26.7 Å². The van der Waals surface area contributed by atoms with Gasteiger partial charge in [0.1, 0.15) is 0 Å². The molecule has 0 unspecified atom stereocenters. The third-order valence-electron chi connectivity index (χ3n) is 3.45. The van der Waals surface area contributed by atoms with Gasteiger partial charge < -0.3 is 5.11 Å². The first-order chi connectivity index (χ1) is 9.85. The summed E-state index contributed by atoms with van der Waals surface area (Å²) in [6.45, 7) is 0.330. The van der Waals surface area contributed by atoms with Crippen molar-refractivity contribution in [1.82, 2.24) is 4.31 Å². The molecule has 118 valence electrons. The van der Waals surface area contributed by atoms with Crippen molar-refractivity contribution in [1.29, 1.82) is 0 Å². The molecule has 1 fully saturated rings. The van der Waals surface area contributed by atoms with Gasteiger partial charge >= 0.3 is 10.2 Å². The summed E-state index contributed by atoms with van der Waals surface area (Å²) in [4.78, 5) is 0. The average molecular weight is 324 g/mol. The van der Waals surface area contributed by atoms with Gasteiger partial charge in [-0.2, -0.15) is 12.7 Å². The van der Waals surface area contributed by atoms with Crippen LogP contribution in [0.4, 0.5) is 18.9 Å². The highest BCUT2D eigenvalue weighted by atomic mass is 32.2. The molecule has 0 atom stereocenters. The Morgan fingerprint density at radius 2 is 1.81 bits per heavy atom. The molecule has 2 N–H and O–H groups in total. The second kappa shape index (κ2) is 6.20. The Morgan fingerprint density at radius 3 is 2.38 bits per heavy atom. The molecule has 0 amide bonds. The number of nitrogens with zero attached hydrogens (tertiary/aromatic N) is 1. The fourth-order valence-corrected chi connectivity index (χ4v) is 3.40. The van der Waals surface area contributed by atoms with E-state index in [1.165, 1.54) is 0 Å². The number of hydrogen-bond donors (Lipinski definition) is 2. The van der Waals surface area contributed by atoms with Crippen LogP contribution in [0.3, 0.4) is 0 Å². The maximum absolute atomic E-state index is 13.5. The molecule has 0 bridgehead atoms. The number of rotatable bonds is 4. The van der Waals surface area contributed by atoms with Gasteiger partial charge in [-0.15, -0.1) is 0 Å². The van der Waals surface area contributed by atoms with Crippen molar-refractivity contribution in [2.45, 2.75) is 12.8 Å². The van der Waals surface area contributed by atoms with Crippen molar-refractivity contribution in [3.8, 4) is 0 Å². The minimum Gasteiger partial charge on any atom is -0.396 e. The van der Waals surface area contributed by atoms with Gasteiger partial charge in [0.05, 0.1) is 5.69 Å². The molecular weight excluding hydrogens is 309 g/mol. The van der Waals surface area contributed by atoms with Gasteiger partial charge in [-0.1, -0.05) is 0 Å². The number of halogens is 3. The smallest absolute Gasteiger partial charge is 0.301 e. The molecule has 9 heteroatoms. The summed E-state index contributed by atoms with van der Waals surface area (Å²) >= 11 is 0. The standard InChI is InChI=1S/C12H15F3N2O3S/c13-9-1-2-10(12(15)11(9)14)16-21(19,20)17-5-3-8(7-18)4-6-17/h1-2,8,16,18H,3-7H2. The molecule has 1 aromatic rings. The highest BCUT2D eigenvalue weighted by Crippen LogP contribution is 2.24. The number of aliphatic hydroxyl groups is 1. The first kappa shape index (κ1) is 16.1. The average Bonchev–Trinajstić information content (AvgIpc) is 2.48. The van der Waals surface area contributed by atoms with Crippen LogP contribution in [0, 0.1) is 23.4 Å². The molecule has 21 heavy (non-hydrogen) atoms. The van der Waals surface area contributed by atoms with Crippen LogP contribution in [-0.4, -0.2) is 37.5 Å². The monoisotopic (exact) mass is 324 g/mol. The predicted octanol–water partition coefficient (Wildman–Crippen LogP) is 1.46. The fraction of sp³-hybridized carbons (Fsp3) is 0.500. The summed E-state index contributed by atoms with van der Waals surface area (Å²) in [5.41, 5.74) is -0.641. The normalized spacial score (nSPS) is 17.9. The van der Waals surface area contributed by atoms with Crippen LogP contribution in [-0.2, 0) is 10.2 Å². The second-order valence-electron chi connectivity index (χ2n) is 4.86. The van der Waals surface area contributed by atoms with E-state index < -0.39 is 33.3 Å². The maximum atomic E-state index is 13.5. The predicted molar refractivity (Wildman–Crippen MR) is 70.2 cm³/mol. The third kappa shape index (κ3) is 3.47. The molecule has 0 spiro atoms. The Balaban J connectivity index is 2.13. The molecular formula is C12H15F3N2O3S. The van der Waals surface area contributed by atoms with E-state index >= 15 is 0 Å². The fourth-order valence-electron chi connectivity index (χ4n) is 2.14. The zero-order valence-corrected chi connectivity index (χ0v) is 11.8. The molecule has 0 radical (unpaired) electrons. The topological polar surface area (TPSA) is 69.6 Å². The summed E-state index contributed by atoms with van der Waals surface area (Å²) in [5, 5.41) is 9.00. The number of hydrogen-bond acceptors (Lipinski definition) is 3. The molecule has 0 aromatic heterocycles. The lowest BCUT2D eigenvalue weighted by atomic mass is 10.00. The highest BCUT2D eigenvalue weighted by molar-refractivity contribution is 7.90. The molecule has 0 aliphatic carbocycles. The first-order valence-corrected chi connectivity index (χ1v) is 7.81. The lowest BCUT2D eigenvalue weighted by Crippen LogP contribution is -2.42. The summed E-state index contributed by atoms with van der Waals surface area (Å²) in [5.74, 6) is -4.66. The summed E-state index contributed by atoms with van der Waals surface area (Å²) in [7, 11) is -4.05. The first-order valence-electron chi connectivity index (χ1n) is 6.37. The summed E-state index contributed by atoms with van der Waals surface area (Å²) in [6.07, 6.45) is 0.968. The van der Waals surface area contributed by atoms with E-state index in [1.54, 1.807) is 0 Å². The minimum atomic E-state index is -4.05. The Morgan fingerprint density at radius 1 is 1.19 bits per heavy atom. The Labute approximate surface area is 120 Å². The van der Waals surface area contributed by atoms with Crippen LogP contribution in [0.5, 0.6) is 0 Å². The molecule has 1 aliphatic rings. The van der Waals surface area contributed by atoms with Gasteiger partial charge in [0, 0.05) is 19.7 Å². The number of aliphatic hydroxyl groups excluding tert-OH is 1. The molecule has 1 saturated heterocycles. The van der Waals surface area contributed by atoms with Crippen LogP contribution in [0.2, 0.25) is 0 Å². The molecule has 1 aromatic carbocycles. The Hall–Kier alpha value is -1.32. The van der Waals surface area contributed by atoms with Crippen molar-refractivity contribution in [3.05, 3.63) is 29.6 Å². The van der Waals surface area contributed by atoms with Gasteiger partial charge in [0.2, 0.25) is 0 Å². The van der Waals surface area contributed by atoms with E-state index in [2.05, 4.69) is 0 Å². The Kier molecular flexibility index (Phi) is 4.74. The minimum absolute atomic E-state index is 0.0148. The van der Waals surface area contributed by atoms with Gasteiger partial charge in [-0.3, -0.25) is 4.72 Å². The quantitative estimate of drug-likeness (QED) is 0.824. The largest absolute Gasteiger partial charge is 0.396 e. The summed E-state index contributed by atoms with van der Waals surface area (Å²) < 4.78 is 66.5. The highest BCUT2D eigenvalue weighted by Gasteiger charge is 2.29. The van der Waals surface area contributed by atoms with E-state index in [0.717, 1.165) is 10.4 Å². The molecule has 1 heterocycles. The van der Waals surface area contributed by atoms with E-state index in [0.29, 0.717) is 18.9 Å². The second-order valence-corrected chi connectivity index (χ2v) is 6.53. The maximum Gasteiger partial charge on any atom is 0.301 e. The number of nitrogens with one attached hydrogen (secondary N) is 1. The van der Waals surface area contributed by atoms with Crippen LogP contribution < -0.4 is 4.72 Å². The number of anilines is 1. The molecule has 2 rings (SSSR count). The van der Waals surface area contributed by atoms with Crippen LogP contribution in [0.1, 0.15) is 12.8 Å². The number of piperidine rings is 1. The van der Waals surface area contributed by atoms with Crippen molar-refractivity contribution in [3.63, 3.8) is 0 Å². The zero-order valence-electron chi connectivity index (χ0n) is 11.0. The van der Waals surface area contributed by atoms with Gasteiger partial charge in [0.25, 0.3) is 0 Å². The van der Waals surface area contributed by atoms with E-state index in [-0.39, 0.29) is 25.6 Å².